The average Bonchev–Trinajstić information content (AvgIpc) is 3.72. The van der Waals surface area contributed by atoms with Crippen LogP contribution in [0.2, 0.25) is 0 Å². The summed E-state index contributed by atoms with van der Waals surface area (Å²) in [5, 5.41) is 10.1. The van der Waals surface area contributed by atoms with E-state index in [4.69, 9.17) is 9.97 Å². The van der Waals surface area contributed by atoms with Gasteiger partial charge in [0.05, 0.1) is 11.4 Å². The van der Waals surface area contributed by atoms with Gasteiger partial charge in [0.25, 0.3) is 0 Å². The lowest BCUT2D eigenvalue weighted by Crippen LogP contribution is -1.96. The van der Waals surface area contributed by atoms with Crippen molar-refractivity contribution in [2.75, 3.05) is 0 Å². The SMILES string of the molecule is c1ccc(-c2nc(-c3ccc(-c4ccc(-c5c6ccccc6c(-c6ccccc6)c6ccc7ccccc7c56)cc4)cc3)cc(-c3ccc4sc5ccccc5c4c3)n2)cc1. The second kappa shape index (κ2) is 14.5. The molecule has 61 heavy (non-hydrogen) atoms. The second-order valence-corrected chi connectivity index (χ2v) is 16.7. The smallest absolute Gasteiger partial charge is 0.160 e. The Morgan fingerprint density at radius 3 is 1.51 bits per heavy atom. The summed E-state index contributed by atoms with van der Waals surface area (Å²) in [5.74, 6) is 0.715. The molecule has 2 aromatic heterocycles. The molecule has 0 aliphatic rings. The molecular weight excluding hydrogens is 757 g/mol. The minimum Gasteiger partial charge on any atom is -0.228 e. The van der Waals surface area contributed by atoms with E-state index in [0.29, 0.717) is 5.82 Å². The summed E-state index contributed by atoms with van der Waals surface area (Å²) >= 11 is 1.83. The van der Waals surface area contributed by atoms with Gasteiger partial charge in [0.1, 0.15) is 0 Å². The minimum absolute atomic E-state index is 0.715. The van der Waals surface area contributed by atoms with Crippen molar-refractivity contribution >= 4 is 63.8 Å². The van der Waals surface area contributed by atoms with Crippen LogP contribution in [0.15, 0.2) is 218 Å². The number of fused-ring (bicyclic) bond motifs is 7. The van der Waals surface area contributed by atoms with Gasteiger partial charge in [-0.3, -0.25) is 0 Å². The maximum Gasteiger partial charge on any atom is 0.160 e. The lowest BCUT2D eigenvalue weighted by atomic mass is 9.84. The molecule has 0 spiro atoms. The highest BCUT2D eigenvalue weighted by Gasteiger charge is 2.19. The molecule has 284 valence electrons. The first-order valence-electron chi connectivity index (χ1n) is 20.7. The predicted molar refractivity (Wildman–Crippen MR) is 260 cm³/mol. The molecule has 0 fully saturated rings. The Bertz CT molecular complexity index is 3610. The van der Waals surface area contributed by atoms with E-state index in [0.717, 1.165) is 33.6 Å². The Morgan fingerprint density at radius 2 is 0.787 bits per heavy atom. The zero-order valence-corrected chi connectivity index (χ0v) is 33.9. The van der Waals surface area contributed by atoms with Crippen molar-refractivity contribution < 1.29 is 0 Å². The molecule has 2 heterocycles. The van der Waals surface area contributed by atoms with Gasteiger partial charge in [0, 0.05) is 36.9 Å². The van der Waals surface area contributed by atoms with E-state index in [1.807, 2.05) is 29.5 Å². The molecule has 12 rings (SSSR count). The number of hydrogen-bond donors (Lipinski definition) is 0. The maximum atomic E-state index is 5.14. The Labute approximate surface area is 357 Å². The van der Waals surface area contributed by atoms with Gasteiger partial charge in [-0.15, -0.1) is 11.3 Å². The zero-order chi connectivity index (χ0) is 40.3. The first-order chi connectivity index (χ1) is 30.2. The summed E-state index contributed by atoms with van der Waals surface area (Å²) in [5.41, 5.74) is 12.2. The van der Waals surface area contributed by atoms with Gasteiger partial charge in [-0.1, -0.05) is 194 Å². The van der Waals surface area contributed by atoms with Crippen LogP contribution in [0.1, 0.15) is 0 Å². The van der Waals surface area contributed by atoms with Gasteiger partial charge in [0.2, 0.25) is 0 Å². The van der Waals surface area contributed by atoms with Gasteiger partial charge in [-0.2, -0.15) is 0 Å². The molecule has 0 aliphatic heterocycles. The summed E-state index contributed by atoms with van der Waals surface area (Å²) in [7, 11) is 0. The van der Waals surface area contributed by atoms with E-state index in [1.54, 1.807) is 0 Å². The van der Waals surface area contributed by atoms with E-state index in [2.05, 4.69) is 200 Å². The third-order valence-corrected chi connectivity index (χ3v) is 13.2. The topological polar surface area (TPSA) is 25.8 Å². The van der Waals surface area contributed by atoms with Crippen LogP contribution in [0.4, 0.5) is 0 Å². The van der Waals surface area contributed by atoms with Crippen molar-refractivity contribution in [2.24, 2.45) is 0 Å². The lowest BCUT2D eigenvalue weighted by Gasteiger charge is -2.19. The third-order valence-electron chi connectivity index (χ3n) is 12.1. The van der Waals surface area contributed by atoms with Crippen molar-refractivity contribution in [1.29, 1.82) is 0 Å². The standard InChI is InChI=1S/C58H36N2S/c1-3-14-41(15-4-1)55-47-20-9-10-21-48(47)56(57-45-18-8-7-13-39(45)31-33-49(55)57)42-29-25-38(26-30-42)37-23-27-40(28-24-37)51-36-52(60-58(59-51)43-16-5-2-6-17-43)44-32-34-54-50(35-44)46-19-11-12-22-53(46)61-54/h1-36H. The Hall–Kier alpha value is -7.72. The van der Waals surface area contributed by atoms with Gasteiger partial charge in [-0.25, -0.2) is 9.97 Å². The third kappa shape index (κ3) is 6.09. The number of thiophene rings is 1. The maximum absolute atomic E-state index is 5.14. The molecule has 0 saturated carbocycles. The van der Waals surface area contributed by atoms with Crippen LogP contribution in [0.3, 0.4) is 0 Å². The van der Waals surface area contributed by atoms with Crippen LogP contribution in [0.5, 0.6) is 0 Å². The van der Waals surface area contributed by atoms with E-state index in [1.165, 1.54) is 80.3 Å². The van der Waals surface area contributed by atoms with Crippen molar-refractivity contribution in [1.82, 2.24) is 9.97 Å². The highest BCUT2D eigenvalue weighted by Crippen LogP contribution is 2.46. The minimum atomic E-state index is 0.715. The quantitative estimate of drug-likeness (QED) is 0.124. The average molecular weight is 793 g/mol. The number of benzene rings is 10. The summed E-state index contributed by atoms with van der Waals surface area (Å²) in [6.45, 7) is 0. The van der Waals surface area contributed by atoms with Crippen LogP contribution in [0, 0.1) is 0 Å². The molecule has 0 saturated heterocycles. The van der Waals surface area contributed by atoms with Crippen LogP contribution in [-0.2, 0) is 0 Å². The van der Waals surface area contributed by atoms with Gasteiger partial charge >= 0.3 is 0 Å². The molecule has 12 aromatic rings. The number of aromatic nitrogens is 2. The van der Waals surface area contributed by atoms with Gasteiger partial charge in [-0.05, 0) is 90.0 Å². The van der Waals surface area contributed by atoms with Crippen molar-refractivity contribution in [3.05, 3.63) is 218 Å². The first kappa shape index (κ1) is 35.2. The molecule has 0 radical (unpaired) electrons. The second-order valence-electron chi connectivity index (χ2n) is 15.7. The Morgan fingerprint density at radius 1 is 0.279 bits per heavy atom. The van der Waals surface area contributed by atoms with Crippen molar-refractivity contribution in [3.63, 3.8) is 0 Å². The summed E-state index contributed by atoms with van der Waals surface area (Å²) in [6.07, 6.45) is 0. The van der Waals surface area contributed by atoms with Crippen LogP contribution >= 0.6 is 11.3 Å². The molecule has 0 bridgehead atoms. The van der Waals surface area contributed by atoms with Crippen LogP contribution in [-0.4, -0.2) is 9.97 Å². The zero-order valence-electron chi connectivity index (χ0n) is 33.1. The van der Waals surface area contributed by atoms with Crippen LogP contribution < -0.4 is 0 Å². The first-order valence-corrected chi connectivity index (χ1v) is 21.5. The molecule has 3 heteroatoms. The fourth-order valence-corrected chi connectivity index (χ4v) is 10.3. The van der Waals surface area contributed by atoms with Crippen molar-refractivity contribution in [3.8, 4) is 67.3 Å². The predicted octanol–water partition coefficient (Wildman–Crippen LogP) is 16.3. The fraction of sp³-hybridized carbons (Fsp3) is 0. The van der Waals surface area contributed by atoms with E-state index >= 15 is 0 Å². The molecule has 0 unspecified atom stereocenters. The Balaban J connectivity index is 0.945. The normalized spacial score (nSPS) is 11.6. The Kier molecular flexibility index (Phi) is 8.39. The highest BCUT2D eigenvalue weighted by atomic mass is 32.1. The van der Waals surface area contributed by atoms with E-state index in [9.17, 15) is 0 Å². The molecular formula is C58H36N2S. The van der Waals surface area contributed by atoms with E-state index < -0.39 is 0 Å². The summed E-state index contributed by atoms with van der Waals surface area (Å²) < 4.78 is 2.58. The van der Waals surface area contributed by atoms with Gasteiger partial charge in [0.15, 0.2) is 5.82 Å². The van der Waals surface area contributed by atoms with E-state index in [-0.39, 0.29) is 0 Å². The number of nitrogens with zero attached hydrogens (tertiary/aromatic N) is 2. The van der Waals surface area contributed by atoms with Crippen molar-refractivity contribution in [2.45, 2.75) is 0 Å². The highest BCUT2D eigenvalue weighted by molar-refractivity contribution is 7.25. The molecule has 0 aliphatic carbocycles. The largest absolute Gasteiger partial charge is 0.228 e. The number of rotatable bonds is 6. The molecule has 0 amide bonds. The summed E-state index contributed by atoms with van der Waals surface area (Å²) in [6, 6.07) is 78.8. The van der Waals surface area contributed by atoms with Crippen LogP contribution in [0.25, 0.3) is 120 Å². The summed E-state index contributed by atoms with van der Waals surface area (Å²) in [4.78, 5) is 10.3. The van der Waals surface area contributed by atoms with Gasteiger partial charge < -0.3 is 0 Å². The molecule has 0 atom stereocenters. The lowest BCUT2D eigenvalue weighted by molar-refractivity contribution is 1.18. The molecule has 0 N–H and O–H groups in total. The fourth-order valence-electron chi connectivity index (χ4n) is 9.17. The molecule has 10 aromatic carbocycles. The monoisotopic (exact) mass is 792 g/mol. The molecule has 2 nitrogen and oxygen atoms in total. The number of hydrogen-bond acceptors (Lipinski definition) is 3.